The van der Waals surface area contributed by atoms with Crippen molar-refractivity contribution in [2.75, 3.05) is 12.3 Å². The SMILES string of the molecule is O=C(O)CCC(=O)c1ccc2c(c1)CC(C1NCCS1(=O)=O)C2. The van der Waals surface area contributed by atoms with Crippen LogP contribution in [0, 0.1) is 5.92 Å². The summed E-state index contributed by atoms with van der Waals surface area (Å²) in [7, 11) is -3.08. The van der Waals surface area contributed by atoms with Gasteiger partial charge in [0.1, 0.15) is 5.37 Å². The van der Waals surface area contributed by atoms with Crippen molar-refractivity contribution in [3.8, 4) is 0 Å². The highest BCUT2D eigenvalue weighted by atomic mass is 32.2. The maximum Gasteiger partial charge on any atom is 0.303 e. The van der Waals surface area contributed by atoms with Crippen LogP contribution in [0.1, 0.15) is 34.3 Å². The molecule has 2 aliphatic rings. The van der Waals surface area contributed by atoms with Gasteiger partial charge in [0, 0.05) is 18.5 Å². The molecule has 0 aromatic heterocycles. The summed E-state index contributed by atoms with van der Waals surface area (Å²) in [6.45, 7) is 0.499. The van der Waals surface area contributed by atoms with Crippen molar-refractivity contribution in [3.05, 3.63) is 34.9 Å². The van der Waals surface area contributed by atoms with Crippen LogP contribution in [0.15, 0.2) is 18.2 Å². The molecule has 0 bridgehead atoms. The molecule has 0 spiro atoms. The third kappa shape index (κ3) is 3.30. The summed E-state index contributed by atoms with van der Waals surface area (Å²) in [5.74, 6) is -0.993. The molecule has 1 saturated heterocycles. The van der Waals surface area contributed by atoms with Crippen LogP contribution in [0.25, 0.3) is 0 Å². The summed E-state index contributed by atoms with van der Waals surface area (Å²) >= 11 is 0. The highest BCUT2D eigenvalue weighted by Crippen LogP contribution is 2.33. The second-order valence-electron chi connectivity index (χ2n) is 6.21. The summed E-state index contributed by atoms with van der Waals surface area (Å²) < 4.78 is 24.1. The number of hydrogen-bond acceptors (Lipinski definition) is 5. The monoisotopic (exact) mass is 337 g/mol. The minimum Gasteiger partial charge on any atom is -0.481 e. The Bertz CT molecular complexity index is 756. The van der Waals surface area contributed by atoms with E-state index in [1.54, 1.807) is 12.1 Å². The van der Waals surface area contributed by atoms with Crippen molar-refractivity contribution in [1.82, 2.24) is 5.32 Å². The summed E-state index contributed by atoms with van der Waals surface area (Å²) in [4.78, 5) is 22.6. The standard InChI is InChI=1S/C16H19NO5S/c18-14(3-4-15(19)20)11-2-1-10-7-13(9-12(10)8-11)16-17-5-6-23(16,21)22/h1-2,8,13,16-17H,3-7,9H2,(H,19,20). The number of carbonyl (C=O) groups is 2. The third-order valence-electron chi connectivity index (χ3n) is 4.61. The lowest BCUT2D eigenvalue weighted by Gasteiger charge is -2.17. The lowest BCUT2D eigenvalue weighted by Crippen LogP contribution is -2.35. The highest BCUT2D eigenvalue weighted by Gasteiger charge is 2.40. The van der Waals surface area contributed by atoms with E-state index in [1.807, 2.05) is 6.07 Å². The van der Waals surface area contributed by atoms with Gasteiger partial charge in [-0.15, -0.1) is 0 Å². The largest absolute Gasteiger partial charge is 0.481 e. The average molecular weight is 337 g/mol. The molecule has 1 aromatic carbocycles. The second-order valence-corrected chi connectivity index (χ2v) is 8.45. The molecule has 0 saturated carbocycles. The Morgan fingerprint density at radius 2 is 1.91 bits per heavy atom. The fourth-order valence-electron chi connectivity index (χ4n) is 3.46. The Labute approximate surface area is 134 Å². The van der Waals surface area contributed by atoms with Crippen LogP contribution in [-0.4, -0.2) is 42.9 Å². The quantitative estimate of drug-likeness (QED) is 0.771. The van der Waals surface area contributed by atoms with Crippen LogP contribution in [0.2, 0.25) is 0 Å². The van der Waals surface area contributed by atoms with E-state index in [9.17, 15) is 18.0 Å². The number of Topliss-reactive ketones (excluding diaryl/α,β-unsaturated/α-hetero) is 1. The predicted molar refractivity (Wildman–Crippen MR) is 84.1 cm³/mol. The molecular weight excluding hydrogens is 318 g/mol. The van der Waals surface area contributed by atoms with Gasteiger partial charge in [-0.25, -0.2) is 8.42 Å². The van der Waals surface area contributed by atoms with Crippen molar-refractivity contribution in [1.29, 1.82) is 0 Å². The van der Waals surface area contributed by atoms with Crippen LogP contribution < -0.4 is 5.32 Å². The van der Waals surface area contributed by atoms with Gasteiger partial charge in [0.2, 0.25) is 0 Å². The van der Waals surface area contributed by atoms with Crippen molar-refractivity contribution >= 4 is 21.6 Å². The number of ketones is 1. The fraction of sp³-hybridized carbons (Fsp3) is 0.500. The van der Waals surface area contributed by atoms with Crippen molar-refractivity contribution in [2.24, 2.45) is 5.92 Å². The Morgan fingerprint density at radius 1 is 1.17 bits per heavy atom. The minimum absolute atomic E-state index is 0.00173. The maximum atomic E-state index is 12.1. The molecule has 1 aliphatic heterocycles. The van der Waals surface area contributed by atoms with Crippen molar-refractivity contribution < 1.29 is 23.1 Å². The van der Waals surface area contributed by atoms with Gasteiger partial charge in [-0.1, -0.05) is 12.1 Å². The molecule has 124 valence electrons. The van der Waals surface area contributed by atoms with Crippen LogP contribution in [-0.2, 0) is 27.5 Å². The number of carbonyl (C=O) groups excluding carboxylic acids is 1. The first kappa shape index (κ1) is 16.1. The Hall–Kier alpha value is -1.73. The molecular formula is C16H19NO5S. The Balaban J connectivity index is 1.73. The fourth-order valence-corrected chi connectivity index (χ4v) is 5.27. The average Bonchev–Trinajstić information content (AvgIpc) is 3.05. The Morgan fingerprint density at radius 3 is 2.57 bits per heavy atom. The summed E-state index contributed by atoms with van der Waals surface area (Å²) in [6.07, 6.45) is 1.13. The molecule has 0 radical (unpaired) electrons. The Kier molecular flexibility index (Phi) is 4.25. The van der Waals surface area contributed by atoms with E-state index in [4.69, 9.17) is 5.11 Å². The van der Waals surface area contributed by atoms with E-state index in [0.29, 0.717) is 24.9 Å². The van der Waals surface area contributed by atoms with E-state index in [-0.39, 0.29) is 30.3 Å². The first-order chi connectivity index (χ1) is 10.9. The van der Waals surface area contributed by atoms with E-state index < -0.39 is 21.2 Å². The maximum absolute atomic E-state index is 12.1. The zero-order valence-corrected chi connectivity index (χ0v) is 13.4. The number of sulfone groups is 1. The zero-order chi connectivity index (χ0) is 16.6. The molecule has 2 unspecified atom stereocenters. The number of carboxylic acids is 1. The van der Waals surface area contributed by atoms with E-state index in [0.717, 1.165) is 11.1 Å². The van der Waals surface area contributed by atoms with Gasteiger partial charge >= 0.3 is 5.97 Å². The van der Waals surface area contributed by atoms with Crippen LogP contribution >= 0.6 is 0 Å². The molecule has 3 rings (SSSR count). The van der Waals surface area contributed by atoms with Gasteiger partial charge in [-0.3, -0.25) is 14.9 Å². The first-order valence-electron chi connectivity index (χ1n) is 7.68. The molecule has 7 heteroatoms. The van der Waals surface area contributed by atoms with Gasteiger partial charge in [-0.05, 0) is 36.0 Å². The topological polar surface area (TPSA) is 101 Å². The van der Waals surface area contributed by atoms with E-state index in [1.165, 1.54) is 0 Å². The second kappa shape index (κ2) is 6.05. The lowest BCUT2D eigenvalue weighted by molar-refractivity contribution is -0.136. The number of rotatable bonds is 5. The summed E-state index contributed by atoms with van der Waals surface area (Å²) in [5.41, 5.74) is 2.58. The molecule has 2 atom stereocenters. The summed E-state index contributed by atoms with van der Waals surface area (Å²) in [5, 5.41) is 11.2. The van der Waals surface area contributed by atoms with E-state index in [2.05, 4.69) is 5.32 Å². The molecule has 0 amide bonds. The minimum atomic E-state index is -3.08. The first-order valence-corrected chi connectivity index (χ1v) is 9.40. The number of carboxylic acid groups (broad SMARTS) is 1. The number of hydrogen-bond donors (Lipinski definition) is 2. The van der Waals surface area contributed by atoms with Gasteiger partial charge in [0.05, 0.1) is 12.2 Å². The number of aliphatic carboxylic acids is 1. The lowest BCUT2D eigenvalue weighted by atomic mass is 10.0. The molecule has 23 heavy (non-hydrogen) atoms. The number of nitrogens with one attached hydrogen (secondary N) is 1. The molecule has 1 aliphatic carbocycles. The van der Waals surface area contributed by atoms with Crippen molar-refractivity contribution in [3.63, 3.8) is 0 Å². The van der Waals surface area contributed by atoms with Gasteiger partial charge < -0.3 is 5.11 Å². The van der Waals surface area contributed by atoms with E-state index >= 15 is 0 Å². The van der Waals surface area contributed by atoms with Crippen molar-refractivity contribution in [2.45, 2.75) is 31.1 Å². The normalized spacial score (nSPS) is 25.2. The van der Waals surface area contributed by atoms with Gasteiger partial charge in [-0.2, -0.15) is 0 Å². The predicted octanol–water partition coefficient (Wildman–Crippen LogP) is 0.793. The molecule has 1 fully saturated rings. The zero-order valence-electron chi connectivity index (χ0n) is 12.6. The molecule has 1 aromatic rings. The van der Waals surface area contributed by atoms with Crippen LogP contribution in [0.5, 0.6) is 0 Å². The molecule has 2 N–H and O–H groups in total. The molecule has 1 heterocycles. The van der Waals surface area contributed by atoms with Gasteiger partial charge in [0.15, 0.2) is 15.6 Å². The molecule has 6 nitrogen and oxygen atoms in total. The number of benzene rings is 1. The third-order valence-corrected chi connectivity index (χ3v) is 6.70. The highest BCUT2D eigenvalue weighted by molar-refractivity contribution is 7.92. The van der Waals surface area contributed by atoms with Crippen LogP contribution in [0.4, 0.5) is 0 Å². The van der Waals surface area contributed by atoms with Crippen LogP contribution in [0.3, 0.4) is 0 Å². The number of fused-ring (bicyclic) bond motifs is 1. The summed E-state index contributed by atoms with van der Waals surface area (Å²) in [6, 6.07) is 5.37. The van der Waals surface area contributed by atoms with Gasteiger partial charge in [0.25, 0.3) is 0 Å². The smallest absolute Gasteiger partial charge is 0.303 e.